The largest absolute Gasteiger partial charge is 0.550 e. The lowest BCUT2D eigenvalue weighted by Crippen LogP contribution is -2.45. The van der Waals surface area contributed by atoms with Gasteiger partial charge in [0.25, 0.3) is 0 Å². The van der Waals surface area contributed by atoms with Gasteiger partial charge in [0.05, 0.1) is 21.1 Å². The van der Waals surface area contributed by atoms with Gasteiger partial charge in [-0.3, -0.25) is 4.79 Å². The first-order valence-corrected chi connectivity index (χ1v) is 10.2. The first-order chi connectivity index (χ1) is 12.7. The second-order valence-corrected chi connectivity index (χ2v) is 8.04. The molecule has 1 unspecified atom stereocenters. The number of esters is 1. The average molecular weight is 382 g/mol. The van der Waals surface area contributed by atoms with Crippen molar-refractivity contribution in [2.45, 2.75) is 77.2 Å². The fourth-order valence-corrected chi connectivity index (χ4v) is 2.77. The molecule has 0 rings (SSSR count). The number of hydrogen-bond donors (Lipinski definition) is 0. The van der Waals surface area contributed by atoms with E-state index in [1.807, 2.05) is 21.1 Å². The lowest BCUT2D eigenvalue weighted by Gasteiger charge is -2.29. The van der Waals surface area contributed by atoms with E-state index in [2.05, 4.69) is 31.2 Å². The molecule has 0 aliphatic carbocycles. The summed E-state index contributed by atoms with van der Waals surface area (Å²) in [5.41, 5.74) is 0. The maximum Gasteiger partial charge on any atom is 0.306 e. The number of carboxylic acids is 1. The van der Waals surface area contributed by atoms with Crippen molar-refractivity contribution in [1.82, 2.24) is 0 Å². The smallest absolute Gasteiger partial charge is 0.306 e. The van der Waals surface area contributed by atoms with Crippen molar-refractivity contribution in [2.75, 3.05) is 27.7 Å². The van der Waals surface area contributed by atoms with E-state index in [1.165, 1.54) is 25.7 Å². The summed E-state index contributed by atoms with van der Waals surface area (Å²) in [6.45, 7) is 2.60. The van der Waals surface area contributed by atoms with Gasteiger partial charge >= 0.3 is 5.97 Å². The minimum Gasteiger partial charge on any atom is -0.550 e. The summed E-state index contributed by atoms with van der Waals surface area (Å²) in [5.74, 6) is -1.52. The quantitative estimate of drug-likeness (QED) is 0.178. The van der Waals surface area contributed by atoms with Crippen LogP contribution >= 0.6 is 0 Å². The zero-order valence-corrected chi connectivity index (χ0v) is 17.7. The number of quaternary nitrogens is 1. The van der Waals surface area contributed by atoms with E-state index in [0.29, 0.717) is 17.4 Å². The molecule has 0 aliphatic heterocycles. The second-order valence-electron chi connectivity index (χ2n) is 8.04. The Morgan fingerprint density at radius 1 is 0.926 bits per heavy atom. The van der Waals surface area contributed by atoms with Gasteiger partial charge in [-0.25, -0.2) is 0 Å². The Kier molecular flexibility index (Phi) is 14.5. The maximum absolute atomic E-state index is 11.9. The van der Waals surface area contributed by atoms with Crippen LogP contribution in [-0.2, 0) is 14.3 Å². The molecule has 0 bridgehead atoms. The minimum atomic E-state index is -1.19. The van der Waals surface area contributed by atoms with Gasteiger partial charge in [-0.15, -0.1) is 0 Å². The van der Waals surface area contributed by atoms with Gasteiger partial charge in [0.2, 0.25) is 0 Å². The van der Waals surface area contributed by atoms with Crippen molar-refractivity contribution < 1.29 is 23.9 Å². The van der Waals surface area contributed by atoms with Crippen LogP contribution in [0.1, 0.15) is 71.1 Å². The summed E-state index contributed by atoms with van der Waals surface area (Å²) in [4.78, 5) is 22.8. The highest BCUT2D eigenvalue weighted by molar-refractivity contribution is 5.70. The molecule has 0 aromatic rings. The van der Waals surface area contributed by atoms with E-state index < -0.39 is 12.1 Å². The van der Waals surface area contributed by atoms with E-state index in [4.69, 9.17) is 4.74 Å². The fraction of sp³-hybridized carbons (Fsp3) is 0.727. The Balaban J connectivity index is 3.84. The molecule has 156 valence electrons. The van der Waals surface area contributed by atoms with Crippen molar-refractivity contribution in [3.8, 4) is 0 Å². The highest BCUT2D eigenvalue weighted by Gasteiger charge is 2.22. The van der Waals surface area contributed by atoms with Gasteiger partial charge in [0.15, 0.2) is 6.10 Å². The van der Waals surface area contributed by atoms with Crippen LogP contribution in [0.25, 0.3) is 0 Å². The molecule has 0 spiro atoms. The summed E-state index contributed by atoms with van der Waals surface area (Å²) in [5, 5.41) is 10.8. The SMILES string of the molecule is CC/C=C/CCCCC/C=C/CCCC(=O)OC(CC(=O)[O-])C[N+](C)(C)C. The van der Waals surface area contributed by atoms with Crippen LogP contribution in [0.3, 0.4) is 0 Å². The van der Waals surface area contributed by atoms with Crippen LogP contribution in [-0.4, -0.2) is 50.2 Å². The van der Waals surface area contributed by atoms with Gasteiger partial charge in [-0.1, -0.05) is 37.6 Å². The molecule has 0 aromatic heterocycles. The number of likely N-dealkylation sites (N-methyl/N-ethyl adjacent to an activating group) is 1. The maximum atomic E-state index is 11.9. The normalized spacial score (nSPS) is 13.3. The number of hydrogen-bond acceptors (Lipinski definition) is 4. The minimum absolute atomic E-state index is 0.255. The van der Waals surface area contributed by atoms with Crippen LogP contribution < -0.4 is 5.11 Å². The van der Waals surface area contributed by atoms with Crippen molar-refractivity contribution in [3.05, 3.63) is 24.3 Å². The molecule has 0 saturated heterocycles. The molecular formula is C22H39NO4. The number of unbranched alkanes of at least 4 members (excludes halogenated alkanes) is 5. The number of carbonyl (C=O) groups excluding carboxylic acids is 2. The van der Waals surface area contributed by atoms with Crippen LogP contribution in [0, 0.1) is 0 Å². The van der Waals surface area contributed by atoms with Crippen LogP contribution in [0.5, 0.6) is 0 Å². The van der Waals surface area contributed by atoms with Crippen LogP contribution in [0.4, 0.5) is 0 Å². The Bertz CT molecular complexity index is 463. The predicted molar refractivity (Wildman–Crippen MR) is 108 cm³/mol. The number of carboxylic acid groups (broad SMARTS) is 1. The topological polar surface area (TPSA) is 66.4 Å². The van der Waals surface area contributed by atoms with E-state index in [9.17, 15) is 14.7 Å². The monoisotopic (exact) mass is 381 g/mol. The number of ether oxygens (including phenoxy) is 1. The third-order valence-corrected chi connectivity index (χ3v) is 4.01. The molecule has 27 heavy (non-hydrogen) atoms. The Morgan fingerprint density at radius 2 is 1.48 bits per heavy atom. The average Bonchev–Trinajstić information content (AvgIpc) is 2.53. The van der Waals surface area contributed by atoms with Gasteiger partial charge in [-0.05, 0) is 44.9 Å². The molecule has 0 amide bonds. The number of carbonyl (C=O) groups is 2. The van der Waals surface area contributed by atoms with E-state index in [-0.39, 0.29) is 12.4 Å². The van der Waals surface area contributed by atoms with Crippen molar-refractivity contribution in [2.24, 2.45) is 0 Å². The Morgan fingerprint density at radius 3 is 2.00 bits per heavy atom. The molecule has 5 heteroatoms. The van der Waals surface area contributed by atoms with Crippen molar-refractivity contribution in [1.29, 1.82) is 0 Å². The molecule has 0 aromatic carbocycles. The highest BCUT2D eigenvalue weighted by Crippen LogP contribution is 2.09. The third-order valence-electron chi connectivity index (χ3n) is 4.01. The first kappa shape index (κ1) is 25.4. The summed E-state index contributed by atoms with van der Waals surface area (Å²) in [6.07, 6.45) is 16.8. The molecule has 1 atom stereocenters. The van der Waals surface area contributed by atoms with Gasteiger partial charge < -0.3 is 19.1 Å². The van der Waals surface area contributed by atoms with E-state index in [1.54, 1.807) is 0 Å². The molecule has 0 heterocycles. The molecular weight excluding hydrogens is 342 g/mol. The summed E-state index contributed by atoms with van der Waals surface area (Å²) < 4.78 is 5.86. The Labute approximate surface area is 165 Å². The highest BCUT2D eigenvalue weighted by atomic mass is 16.5. The molecule has 0 N–H and O–H groups in total. The number of aliphatic carboxylic acids is 1. The number of allylic oxidation sites excluding steroid dienone is 4. The van der Waals surface area contributed by atoms with E-state index >= 15 is 0 Å². The standard InChI is InChI=1S/C22H39NO4/c1-5-6-7-8-9-10-11-12-13-14-15-16-17-22(26)27-20(18-21(24)25)19-23(2,3)4/h6-7,13-14,20H,5,8-12,15-19H2,1-4H3/b7-6+,14-13+. The zero-order chi connectivity index (χ0) is 20.5. The van der Waals surface area contributed by atoms with Crippen molar-refractivity contribution in [3.63, 3.8) is 0 Å². The summed E-state index contributed by atoms with van der Waals surface area (Å²) in [7, 11) is 5.80. The lowest BCUT2D eigenvalue weighted by molar-refractivity contribution is -0.873. The fourth-order valence-electron chi connectivity index (χ4n) is 2.77. The van der Waals surface area contributed by atoms with Crippen LogP contribution in [0.2, 0.25) is 0 Å². The second kappa shape index (κ2) is 15.4. The zero-order valence-electron chi connectivity index (χ0n) is 17.7. The van der Waals surface area contributed by atoms with Gasteiger partial charge in [-0.2, -0.15) is 0 Å². The van der Waals surface area contributed by atoms with Gasteiger partial charge in [0.1, 0.15) is 6.54 Å². The van der Waals surface area contributed by atoms with Gasteiger partial charge in [0, 0.05) is 18.8 Å². The molecule has 0 radical (unpaired) electrons. The van der Waals surface area contributed by atoms with Crippen molar-refractivity contribution >= 4 is 11.9 Å². The van der Waals surface area contributed by atoms with E-state index in [0.717, 1.165) is 25.7 Å². The Hall–Kier alpha value is -1.62. The first-order valence-electron chi connectivity index (χ1n) is 10.2. The summed E-state index contributed by atoms with van der Waals surface area (Å²) in [6, 6.07) is 0. The number of nitrogens with zero attached hydrogens (tertiary/aromatic N) is 1. The molecule has 5 nitrogen and oxygen atoms in total. The predicted octanol–water partition coefficient (Wildman–Crippen LogP) is 3.39. The number of rotatable bonds is 16. The molecule has 0 saturated carbocycles. The third kappa shape index (κ3) is 19.0. The summed E-state index contributed by atoms with van der Waals surface area (Å²) >= 11 is 0. The van der Waals surface area contributed by atoms with Crippen LogP contribution in [0.15, 0.2) is 24.3 Å². The molecule has 0 fully saturated rings. The molecule has 0 aliphatic rings. The lowest BCUT2D eigenvalue weighted by atomic mass is 10.1.